The number of nitrogens with one attached hydrogen (secondary N) is 1. The minimum Gasteiger partial charge on any atom is -0.550 e. The number of amides is 2. The van der Waals surface area contributed by atoms with Crippen LogP contribution in [0.3, 0.4) is 0 Å². The highest BCUT2D eigenvalue weighted by Gasteiger charge is 2.22. The average molecular weight is 296 g/mol. The molecule has 0 saturated carbocycles. The van der Waals surface area contributed by atoms with Crippen molar-refractivity contribution >= 4 is 17.8 Å². The second kappa shape index (κ2) is 8.67. The van der Waals surface area contributed by atoms with Crippen molar-refractivity contribution in [3.63, 3.8) is 0 Å². The molecule has 1 aromatic rings. The van der Waals surface area contributed by atoms with Crippen molar-refractivity contribution in [2.24, 2.45) is 11.5 Å². The highest BCUT2D eigenvalue weighted by atomic mass is 16.4. The Morgan fingerprint density at radius 3 is 2.24 bits per heavy atom. The van der Waals surface area contributed by atoms with E-state index in [1.807, 2.05) is 6.07 Å². The third-order valence-electron chi connectivity index (χ3n) is 2.67. The monoisotopic (exact) mass is 296 g/mol. The van der Waals surface area contributed by atoms with Gasteiger partial charge < -0.3 is 32.8 Å². The number of rotatable bonds is 7. The molecule has 0 radical (unpaired) electrons. The second-order valence-electron chi connectivity index (χ2n) is 4.34. The number of nitrogens with two attached hydrogens (primary N) is 2. The highest BCUT2D eigenvalue weighted by molar-refractivity contribution is 5.90. The summed E-state index contributed by atoms with van der Waals surface area (Å²) < 4.78 is 0. The Hall–Kier alpha value is -2.45. The molecule has 0 unspecified atom stereocenters. The fraction of sp³-hybridized carbons (Fsp3) is 0.308. The number of carboxylic acids is 1. The van der Waals surface area contributed by atoms with Crippen LogP contribution in [-0.2, 0) is 20.8 Å². The Balaban J connectivity index is 0.00000400. The number of aliphatic carboxylic acids is 1. The molecule has 0 heterocycles. The van der Waals surface area contributed by atoms with Gasteiger partial charge in [-0.05, 0) is 5.56 Å². The molecule has 0 aliphatic rings. The van der Waals surface area contributed by atoms with E-state index >= 15 is 0 Å². The summed E-state index contributed by atoms with van der Waals surface area (Å²) >= 11 is 0. The molecule has 0 aromatic heterocycles. The van der Waals surface area contributed by atoms with E-state index in [4.69, 9.17) is 11.5 Å². The average Bonchev–Trinajstić information content (AvgIpc) is 2.38. The number of primary amides is 1. The van der Waals surface area contributed by atoms with Gasteiger partial charge >= 0.3 is 0 Å². The van der Waals surface area contributed by atoms with Gasteiger partial charge in [0.1, 0.15) is 6.04 Å². The number of benzene rings is 1. The molecule has 0 spiro atoms. The normalized spacial score (nSPS) is 12.6. The van der Waals surface area contributed by atoms with Crippen molar-refractivity contribution in [3.05, 3.63) is 35.9 Å². The first kappa shape index (κ1) is 18.6. The van der Waals surface area contributed by atoms with Crippen LogP contribution in [0.15, 0.2) is 30.3 Å². The van der Waals surface area contributed by atoms with Gasteiger partial charge in [0.2, 0.25) is 11.8 Å². The topological polar surface area (TPSA) is 175 Å². The number of hydrogen-bond acceptors (Lipinski definition) is 5. The quantitative estimate of drug-likeness (QED) is 0.456. The van der Waals surface area contributed by atoms with Crippen LogP contribution >= 0.6 is 0 Å². The van der Waals surface area contributed by atoms with Crippen molar-refractivity contribution in [2.75, 3.05) is 0 Å². The molecule has 21 heavy (non-hydrogen) atoms. The van der Waals surface area contributed by atoms with E-state index in [9.17, 15) is 19.5 Å². The molecule has 116 valence electrons. The predicted octanol–water partition coefficient (Wildman–Crippen LogP) is -1.96. The summed E-state index contributed by atoms with van der Waals surface area (Å²) in [7, 11) is 0. The third kappa shape index (κ3) is 6.50. The third-order valence-corrected chi connectivity index (χ3v) is 2.67. The van der Waals surface area contributed by atoms with Gasteiger partial charge in [0.15, 0.2) is 0 Å². The fourth-order valence-electron chi connectivity index (χ4n) is 1.62. The van der Waals surface area contributed by atoms with Crippen LogP contribution in [-0.4, -0.2) is 29.9 Å². The minimum atomic E-state index is -1.44. The zero-order valence-electron chi connectivity index (χ0n) is 11.7. The van der Waals surface area contributed by atoms with E-state index in [-0.39, 0.29) is 12.6 Å². The second-order valence-corrected chi connectivity index (χ2v) is 4.34. The van der Waals surface area contributed by atoms with Gasteiger partial charge in [0, 0.05) is 18.8 Å². The molecule has 0 aliphatic carbocycles. The lowest BCUT2D eigenvalue weighted by molar-refractivity contribution is -0.305. The molecule has 9 N–H and O–H groups in total. The summed E-state index contributed by atoms with van der Waals surface area (Å²) in [5.74, 6) is -2.91. The lowest BCUT2D eigenvalue weighted by Crippen LogP contribution is -2.52. The molecule has 0 bridgehead atoms. The van der Waals surface area contributed by atoms with Crippen LogP contribution in [0.25, 0.3) is 0 Å². The summed E-state index contributed by atoms with van der Waals surface area (Å²) in [6.07, 6.45) is -0.414. The smallest absolute Gasteiger partial charge is 0.240 e. The van der Waals surface area contributed by atoms with Crippen LogP contribution in [0, 0.1) is 0 Å². The van der Waals surface area contributed by atoms with E-state index in [2.05, 4.69) is 5.32 Å². The lowest BCUT2D eigenvalue weighted by Gasteiger charge is -2.19. The number of carbonyl (C=O) groups excluding carboxylic acids is 3. The fourth-order valence-corrected chi connectivity index (χ4v) is 1.62. The Kier molecular flexibility index (Phi) is 7.66. The maximum Gasteiger partial charge on any atom is 0.240 e. The summed E-state index contributed by atoms with van der Waals surface area (Å²) in [6.45, 7) is 0. The molecule has 8 heteroatoms. The molecular formula is C13H20N4O4. The van der Waals surface area contributed by atoms with Gasteiger partial charge in [-0.15, -0.1) is 0 Å². The summed E-state index contributed by atoms with van der Waals surface area (Å²) in [4.78, 5) is 33.3. The number of hydrogen-bond donors (Lipinski definition) is 4. The molecule has 0 saturated heterocycles. The Morgan fingerprint density at radius 1 is 1.19 bits per heavy atom. The van der Waals surface area contributed by atoms with Crippen LogP contribution < -0.4 is 28.0 Å². The van der Waals surface area contributed by atoms with Crippen molar-refractivity contribution in [1.82, 2.24) is 11.5 Å². The van der Waals surface area contributed by atoms with Crippen molar-refractivity contribution in [2.45, 2.75) is 24.9 Å². The van der Waals surface area contributed by atoms with Crippen LogP contribution in [0.4, 0.5) is 0 Å². The van der Waals surface area contributed by atoms with E-state index < -0.39 is 36.3 Å². The van der Waals surface area contributed by atoms with E-state index in [1.165, 1.54) is 0 Å². The van der Waals surface area contributed by atoms with Gasteiger partial charge in [-0.1, -0.05) is 30.3 Å². The largest absolute Gasteiger partial charge is 0.550 e. The molecule has 0 aliphatic heterocycles. The molecule has 1 aromatic carbocycles. The maximum atomic E-state index is 11.6. The van der Waals surface area contributed by atoms with Gasteiger partial charge in [-0.25, -0.2) is 0 Å². The number of carbonyl (C=O) groups is 3. The Labute approximate surface area is 122 Å². The van der Waals surface area contributed by atoms with E-state index in [0.29, 0.717) is 0 Å². The number of quaternary nitrogens is 1. The highest BCUT2D eigenvalue weighted by Crippen LogP contribution is 2.03. The first-order valence-electron chi connectivity index (χ1n) is 5.99. The molecule has 1 rings (SSSR count). The lowest BCUT2D eigenvalue weighted by atomic mass is 10.0. The molecule has 0 fully saturated rings. The predicted molar refractivity (Wildman–Crippen MR) is 74.9 cm³/mol. The van der Waals surface area contributed by atoms with Crippen LogP contribution in [0.5, 0.6) is 0 Å². The van der Waals surface area contributed by atoms with Gasteiger partial charge in [0.25, 0.3) is 0 Å². The van der Waals surface area contributed by atoms with Gasteiger partial charge in [-0.2, -0.15) is 0 Å². The maximum absolute atomic E-state index is 11.6. The molecule has 8 nitrogen and oxygen atoms in total. The van der Waals surface area contributed by atoms with Gasteiger partial charge in [-0.3, -0.25) is 9.59 Å². The molecule has 2 atom stereocenters. The Morgan fingerprint density at radius 2 is 1.76 bits per heavy atom. The van der Waals surface area contributed by atoms with Crippen LogP contribution in [0.1, 0.15) is 12.0 Å². The van der Waals surface area contributed by atoms with Crippen molar-refractivity contribution < 1.29 is 19.5 Å². The van der Waals surface area contributed by atoms with Gasteiger partial charge in [0.05, 0.1) is 6.04 Å². The molecular weight excluding hydrogens is 276 g/mol. The first-order chi connectivity index (χ1) is 9.40. The minimum absolute atomic E-state index is 0. The summed E-state index contributed by atoms with van der Waals surface area (Å²) in [5, 5.41) is 12.7. The number of carboxylic acid groups (broad SMARTS) is 1. The first-order valence-corrected chi connectivity index (χ1v) is 5.99. The zero-order chi connectivity index (χ0) is 15.1. The Bertz CT molecular complexity index is 492. The zero-order valence-corrected chi connectivity index (χ0v) is 11.7. The summed E-state index contributed by atoms with van der Waals surface area (Å²) in [6, 6.07) is 6.73. The van der Waals surface area contributed by atoms with Crippen molar-refractivity contribution in [1.29, 1.82) is 0 Å². The molecule has 2 amide bonds. The SMILES string of the molecule is NC(=O)[C@H](Cc1ccccc1)NC(=O)[C@@H](N)CC(=O)[O-].[NH4+]. The summed E-state index contributed by atoms with van der Waals surface area (Å²) in [5.41, 5.74) is 11.4. The van der Waals surface area contributed by atoms with Crippen molar-refractivity contribution in [3.8, 4) is 0 Å². The standard InChI is InChI=1S/C13H17N3O4.H3N/c14-9(7-11(17)18)13(20)16-10(12(15)19)6-8-4-2-1-3-5-8;/h1-5,9-10H,6-7,14H2,(H2,15,19)(H,16,20)(H,17,18);1H3/t9-,10-;/m0./s1. The van der Waals surface area contributed by atoms with E-state index in [1.54, 1.807) is 24.3 Å². The van der Waals surface area contributed by atoms with E-state index in [0.717, 1.165) is 5.56 Å². The van der Waals surface area contributed by atoms with Crippen LogP contribution in [0.2, 0.25) is 0 Å².